The molecule has 0 saturated heterocycles. The van der Waals surface area contributed by atoms with E-state index < -0.39 is 5.97 Å². The Morgan fingerprint density at radius 3 is 3.17 bits per heavy atom. The molecule has 0 bridgehead atoms. The molecule has 1 N–H and O–H groups in total. The van der Waals surface area contributed by atoms with Crippen LogP contribution in [0.15, 0.2) is 33.9 Å². The van der Waals surface area contributed by atoms with Gasteiger partial charge in [-0.15, -0.1) is 0 Å². The second-order valence-electron chi connectivity index (χ2n) is 2.50. The molecule has 0 saturated carbocycles. The molecular formula is C8H6N2O2. The first-order chi connectivity index (χ1) is 5.77. The van der Waals surface area contributed by atoms with Crippen LogP contribution < -0.4 is 0 Å². The van der Waals surface area contributed by atoms with Gasteiger partial charge >= 0.3 is 5.97 Å². The molecule has 2 heterocycles. The molecule has 2 aliphatic rings. The monoisotopic (exact) mass is 162 g/mol. The van der Waals surface area contributed by atoms with Crippen molar-refractivity contribution in [1.29, 1.82) is 0 Å². The molecule has 0 radical (unpaired) electrons. The van der Waals surface area contributed by atoms with Crippen LogP contribution in [0.5, 0.6) is 0 Å². The molecule has 4 nitrogen and oxygen atoms in total. The fourth-order valence-corrected chi connectivity index (χ4v) is 1.12. The Bertz CT molecular complexity index is 350. The number of dihydropyridines is 1. The van der Waals surface area contributed by atoms with E-state index in [0.717, 1.165) is 0 Å². The molecule has 12 heavy (non-hydrogen) atoms. The van der Waals surface area contributed by atoms with E-state index in [9.17, 15) is 4.79 Å². The number of hydrogen-bond acceptors (Lipinski definition) is 3. The lowest BCUT2D eigenvalue weighted by Gasteiger charge is -2.08. The van der Waals surface area contributed by atoms with Crippen molar-refractivity contribution < 1.29 is 9.90 Å². The third kappa shape index (κ3) is 0.972. The first kappa shape index (κ1) is 6.97. The average molecular weight is 162 g/mol. The zero-order chi connectivity index (χ0) is 8.55. The van der Waals surface area contributed by atoms with E-state index in [4.69, 9.17) is 5.11 Å². The summed E-state index contributed by atoms with van der Waals surface area (Å²) in [4.78, 5) is 18.4. The number of carbonyl (C=O) groups is 1. The number of carboxylic acids is 1. The van der Waals surface area contributed by atoms with Crippen molar-refractivity contribution in [3.63, 3.8) is 0 Å². The van der Waals surface area contributed by atoms with Gasteiger partial charge in [0.2, 0.25) is 0 Å². The number of carboxylic acid groups (broad SMARTS) is 1. The highest BCUT2D eigenvalue weighted by atomic mass is 16.4. The van der Waals surface area contributed by atoms with Crippen molar-refractivity contribution in [2.75, 3.05) is 0 Å². The van der Waals surface area contributed by atoms with Crippen LogP contribution in [-0.2, 0) is 4.79 Å². The van der Waals surface area contributed by atoms with Gasteiger partial charge in [0.15, 0.2) is 0 Å². The molecule has 0 fully saturated rings. The maximum absolute atomic E-state index is 10.5. The molecule has 2 rings (SSSR count). The van der Waals surface area contributed by atoms with E-state index >= 15 is 0 Å². The number of aliphatic carboxylic acids is 1. The fourth-order valence-electron chi connectivity index (χ4n) is 1.12. The summed E-state index contributed by atoms with van der Waals surface area (Å²) in [5, 5.41) is 8.61. The van der Waals surface area contributed by atoms with Crippen LogP contribution in [0.4, 0.5) is 0 Å². The maximum atomic E-state index is 10.5. The highest BCUT2D eigenvalue weighted by Gasteiger charge is 2.19. The van der Waals surface area contributed by atoms with Crippen LogP contribution in [0.1, 0.15) is 0 Å². The predicted molar refractivity (Wildman–Crippen MR) is 44.6 cm³/mol. The lowest BCUT2D eigenvalue weighted by Crippen LogP contribution is -2.16. The third-order valence-corrected chi connectivity index (χ3v) is 1.70. The number of hydrogen-bond donors (Lipinski definition) is 1. The number of aliphatic imine (C=N–C) groups is 2. The second-order valence-corrected chi connectivity index (χ2v) is 2.50. The van der Waals surface area contributed by atoms with Crippen LogP contribution in [-0.4, -0.2) is 29.0 Å². The van der Waals surface area contributed by atoms with Gasteiger partial charge in [-0.3, -0.25) is 4.99 Å². The molecule has 0 spiro atoms. The molecule has 0 aromatic heterocycles. The number of nitrogens with zero attached hydrogens (tertiary/aromatic N) is 2. The Balaban J connectivity index is 2.34. The first-order valence-corrected chi connectivity index (χ1v) is 3.51. The summed E-state index contributed by atoms with van der Waals surface area (Å²) in [7, 11) is 0. The summed E-state index contributed by atoms with van der Waals surface area (Å²) in [5.41, 5.74) is 0.776. The second kappa shape index (κ2) is 2.41. The standard InChI is InChI=1S/C8H6N2O2/c11-8(12)7-2-1-5-6(10-7)3-4-9-5/h1-5H,(H,11,12)/t5-/m0/s1. The normalized spacial score (nSPS) is 24.8. The molecule has 0 amide bonds. The SMILES string of the molecule is O=C(O)C1=NC2=CC=N[C@H]2C=C1. The lowest BCUT2D eigenvalue weighted by molar-refractivity contribution is -0.129. The smallest absolute Gasteiger partial charge is 0.354 e. The van der Waals surface area contributed by atoms with Crippen molar-refractivity contribution in [3.05, 3.63) is 23.9 Å². The largest absolute Gasteiger partial charge is 0.477 e. The molecule has 0 aromatic carbocycles. The zero-order valence-electron chi connectivity index (χ0n) is 6.14. The zero-order valence-corrected chi connectivity index (χ0v) is 6.14. The van der Waals surface area contributed by atoms with Gasteiger partial charge in [-0.2, -0.15) is 0 Å². The van der Waals surface area contributed by atoms with Crippen molar-refractivity contribution in [1.82, 2.24) is 0 Å². The van der Waals surface area contributed by atoms with Crippen LogP contribution in [0.25, 0.3) is 0 Å². The molecule has 60 valence electrons. The summed E-state index contributed by atoms with van der Waals surface area (Å²) in [6.45, 7) is 0. The average Bonchev–Trinajstić information content (AvgIpc) is 2.49. The number of fused-ring (bicyclic) bond motifs is 1. The van der Waals surface area contributed by atoms with E-state index in [2.05, 4.69) is 9.98 Å². The fraction of sp³-hybridized carbons (Fsp3) is 0.125. The Hall–Kier alpha value is -1.71. The van der Waals surface area contributed by atoms with Crippen molar-refractivity contribution >= 4 is 17.9 Å². The van der Waals surface area contributed by atoms with E-state index in [1.807, 2.05) is 0 Å². The molecule has 0 aliphatic carbocycles. The molecule has 4 heteroatoms. The van der Waals surface area contributed by atoms with Crippen LogP contribution in [0.2, 0.25) is 0 Å². The van der Waals surface area contributed by atoms with Crippen molar-refractivity contribution in [3.8, 4) is 0 Å². The van der Waals surface area contributed by atoms with Gasteiger partial charge in [0.1, 0.15) is 11.8 Å². The van der Waals surface area contributed by atoms with Crippen LogP contribution in [0, 0.1) is 0 Å². The number of allylic oxidation sites excluding steroid dienone is 1. The number of rotatable bonds is 1. The summed E-state index contributed by atoms with van der Waals surface area (Å²) < 4.78 is 0. The van der Waals surface area contributed by atoms with Gasteiger partial charge in [0.25, 0.3) is 0 Å². The van der Waals surface area contributed by atoms with Crippen LogP contribution >= 0.6 is 0 Å². The predicted octanol–water partition coefficient (Wildman–Crippen LogP) is 0.419. The Morgan fingerprint density at radius 2 is 2.42 bits per heavy atom. The van der Waals surface area contributed by atoms with Gasteiger partial charge in [-0.25, -0.2) is 9.79 Å². The molecule has 1 atom stereocenters. The first-order valence-electron chi connectivity index (χ1n) is 3.51. The van der Waals surface area contributed by atoms with Crippen LogP contribution in [0.3, 0.4) is 0 Å². The minimum Gasteiger partial charge on any atom is -0.477 e. The summed E-state index contributed by atoms with van der Waals surface area (Å²) in [6, 6.07) is -0.0619. The lowest BCUT2D eigenvalue weighted by atomic mass is 10.1. The van der Waals surface area contributed by atoms with E-state index in [-0.39, 0.29) is 11.8 Å². The summed E-state index contributed by atoms with van der Waals surface area (Å²) >= 11 is 0. The Morgan fingerprint density at radius 1 is 1.58 bits per heavy atom. The van der Waals surface area contributed by atoms with E-state index in [1.165, 1.54) is 6.08 Å². The minimum atomic E-state index is -1.00. The minimum absolute atomic E-state index is 0.0619. The van der Waals surface area contributed by atoms with Gasteiger partial charge in [0, 0.05) is 6.21 Å². The molecular weight excluding hydrogens is 156 g/mol. The molecule has 0 unspecified atom stereocenters. The molecule has 2 aliphatic heterocycles. The van der Waals surface area contributed by atoms with Gasteiger partial charge < -0.3 is 5.11 Å². The van der Waals surface area contributed by atoms with Gasteiger partial charge in [-0.05, 0) is 12.2 Å². The summed E-state index contributed by atoms with van der Waals surface area (Å²) in [5.74, 6) is -1.00. The Kier molecular flexibility index (Phi) is 1.40. The topological polar surface area (TPSA) is 62.0 Å². The third-order valence-electron chi connectivity index (χ3n) is 1.70. The summed E-state index contributed by atoms with van der Waals surface area (Å²) in [6.07, 6.45) is 6.56. The van der Waals surface area contributed by atoms with Crippen molar-refractivity contribution in [2.45, 2.75) is 6.04 Å². The maximum Gasteiger partial charge on any atom is 0.354 e. The highest BCUT2D eigenvalue weighted by Crippen LogP contribution is 2.18. The van der Waals surface area contributed by atoms with E-state index in [1.54, 1.807) is 18.4 Å². The quantitative estimate of drug-likeness (QED) is 0.607. The van der Waals surface area contributed by atoms with E-state index in [0.29, 0.717) is 5.70 Å². The van der Waals surface area contributed by atoms with Gasteiger partial charge in [-0.1, -0.05) is 6.08 Å². The van der Waals surface area contributed by atoms with Crippen molar-refractivity contribution in [2.24, 2.45) is 9.98 Å². The van der Waals surface area contributed by atoms with Gasteiger partial charge in [0.05, 0.1) is 5.70 Å². The highest BCUT2D eigenvalue weighted by molar-refractivity contribution is 6.41. The Labute approximate surface area is 68.6 Å². The molecule has 0 aromatic rings.